The molecule has 1 heterocycles. The summed E-state index contributed by atoms with van der Waals surface area (Å²) in [6, 6.07) is 22.1. The van der Waals surface area contributed by atoms with Crippen molar-refractivity contribution in [3.05, 3.63) is 82.5 Å². The van der Waals surface area contributed by atoms with Crippen LogP contribution in [0.2, 0.25) is 0 Å². The third-order valence-corrected chi connectivity index (χ3v) is 3.97. The number of nitrogens with zero attached hydrogens (tertiary/aromatic N) is 1. The summed E-state index contributed by atoms with van der Waals surface area (Å²) < 4.78 is 6.70. The highest BCUT2D eigenvalue weighted by Gasteiger charge is 2.11. The third kappa shape index (κ3) is 4.25. The van der Waals surface area contributed by atoms with Gasteiger partial charge < -0.3 is 9.73 Å². The van der Waals surface area contributed by atoms with Gasteiger partial charge in [0.25, 0.3) is 5.91 Å². The molecule has 1 N–H and O–H groups in total. The first kappa shape index (κ1) is 16.7. The summed E-state index contributed by atoms with van der Waals surface area (Å²) in [4.78, 5) is 12.2. The molecule has 5 heteroatoms. The first-order valence-corrected chi connectivity index (χ1v) is 8.29. The van der Waals surface area contributed by atoms with Crippen molar-refractivity contribution in [1.82, 2.24) is 0 Å². The number of anilines is 1. The van der Waals surface area contributed by atoms with Gasteiger partial charge in [0, 0.05) is 21.8 Å². The van der Waals surface area contributed by atoms with E-state index in [1.165, 1.54) is 6.08 Å². The number of para-hydroxylation sites is 1. The van der Waals surface area contributed by atoms with Gasteiger partial charge in [-0.25, -0.2) is 0 Å². The Balaban J connectivity index is 1.80. The summed E-state index contributed by atoms with van der Waals surface area (Å²) in [6.07, 6.45) is 1.43. The van der Waals surface area contributed by atoms with Crippen molar-refractivity contribution in [3.8, 4) is 17.4 Å². The number of carbonyl (C=O) groups is 1. The van der Waals surface area contributed by atoms with Crippen LogP contribution in [0.25, 0.3) is 17.4 Å². The van der Waals surface area contributed by atoms with E-state index in [0.29, 0.717) is 17.2 Å². The zero-order chi connectivity index (χ0) is 17.6. The fourth-order valence-electron chi connectivity index (χ4n) is 2.21. The smallest absolute Gasteiger partial charge is 0.266 e. The van der Waals surface area contributed by atoms with Crippen LogP contribution in [-0.2, 0) is 4.79 Å². The summed E-state index contributed by atoms with van der Waals surface area (Å²) in [7, 11) is 0. The fourth-order valence-corrected chi connectivity index (χ4v) is 2.47. The molecule has 0 atom stereocenters. The molecule has 25 heavy (non-hydrogen) atoms. The fraction of sp³-hybridized carbons (Fsp3) is 0. The van der Waals surface area contributed by atoms with E-state index in [9.17, 15) is 10.1 Å². The quantitative estimate of drug-likeness (QED) is 0.486. The molecule has 3 aromatic rings. The van der Waals surface area contributed by atoms with E-state index in [0.717, 1.165) is 10.0 Å². The van der Waals surface area contributed by atoms with Crippen molar-refractivity contribution < 1.29 is 9.21 Å². The zero-order valence-electron chi connectivity index (χ0n) is 13.1. The SMILES string of the molecule is N#C/C(=C\c1ccc(-c2ccc(Br)cc2)o1)C(=O)Nc1ccccc1. The topological polar surface area (TPSA) is 66.0 Å². The minimum atomic E-state index is -0.477. The standard InChI is InChI=1S/C20H13BrN2O2/c21-16-8-6-14(7-9-16)19-11-10-18(25-19)12-15(13-22)20(24)23-17-4-2-1-3-5-17/h1-12H,(H,23,24)/b15-12+. The van der Waals surface area contributed by atoms with E-state index in [2.05, 4.69) is 21.2 Å². The molecule has 0 unspecified atom stereocenters. The molecule has 0 fully saturated rings. The number of furan rings is 1. The maximum absolute atomic E-state index is 12.2. The second kappa shape index (κ2) is 7.65. The Hall–Kier alpha value is -3.10. The van der Waals surface area contributed by atoms with E-state index in [4.69, 9.17) is 4.42 Å². The average Bonchev–Trinajstić information content (AvgIpc) is 3.09. The van der Waals surface area contributed by atoms with Gasteiger partial charge in [-0.3, -0.25) is 4.79 Å². The second-order valence-electron chi connectivity index (χ2n) is 5.20. The number of hydrogen-bond acceptors (Lipinski definition) is 3. The number of amides is 1. The first-order chi connectivity index (χ1) is 12.2. The first-order valence-electron chi connectivity index (χ1n) is 7.50. The number of nitrogens with one attached hydrogen (secondary N) is 1. The lowest BCUT2D eigenvalue weighted by atomic mass is 10.2. The van der Waals surface area contributed by atoms with Crippen molar-refractivity contribution in [2.45, 2.75) is 0 Å². The van der Waals surface area contributed by atoms with Gasteiger partial charge in [-0.2, -0.15) is 5.26 Å². The molecular formula is C20H13BrN2O2. The van der Waals surface area contributed by atoms with Gasteiger partial charge in [-0.05, 0) is 36.4 Å². The van der Waals surface area contributed by atoms with Crippen LogP contribution in [0.3, 0.4) is 0 Å². The Morgan fingerprint density at radius 3 is 2.44 bits per heavy atom. The molecule has 0 aliphatic carbocycles. The molecule has 0 spiro atoms. The van der Waals surface area contributed by atoms with Gasteiger partial charge in [-0.15, -0.1) is 0 Å². The Bertz CT molecular complexity index is 951. The predicted molar refractivity (Wildman–Crippen MR) is 101 cm³/mol. The van der Waals surface area contributed by atoms with Crippen molar-refractivity contribution in [3.63, 3.8) is 0 Å². The summed E-state index contributed by atoms with van der Waals surface area (Å²) in [6.45, 7) is 0. The molecule has 0 aliphatic rings. The van der Waals surface area contributed by atoms with E-state index >= 15 is 0 Å². The largest absolute Gasteiger partial charge is 0.457 e. The highest BCUT2D eigenvalue weighted by Crippen LogP contribution is 2.25. The van der Waals surface area contributed by atoms with Crippen LogP contribution in [0.15, 0.2) is 81.2 Å². The van der Waals surface area contributed by atoms with Crippen molar-refractivity contribution in [2.24, 2.45) is 0 Å². The maximum Gasteiger partial charge on any atom is 0.266 e. The molecule has 0 saturated carbocycles. The lowest BCUT2D eigenvalue weighted by Crippen LogP contribution is -2.13. The van der Waals surface area contributed by atoms with Gasteiger partial charge in [0.2, 0.25) is 0 Å². The monoisotopic (exact) mass is 392 g/mol. The van der Waals surface area contributed by atoms with Crippen LogP contribution in [0.1, 0.15) is 5.76 Å². The predicted octanol–water partition coefficient (Wildman–Crippen LogP) is 5.25. The number of nitriles is 1. The number of carbonyl (C=O) groups excluding carboxylic acids is 1. The van der Waals surface area contributed by atoms with Gasteiger partial charge in [0.1, 0.15) is 23.2 Å². The zero-order valence-corrected chi connectivity index (χ0v) is 14.7. The van der Waals surface area contributed by atoms with E-state index in [-0.39, 0.29) is 5.57 Å². The molecular weight excluding hydrogens is 380 g/mol. The van der Waals surface area contributed by atoms with Crippen LogP contribution in [0.4, 0.5) is 5.69 Å². The average molecular weight is 393 g/mol. The molecule has 0 bridgehead atoms. The molecule has 1 aromatic heterocycles. The number of halogens is 1. The van der Waals surface area contributed by atoms with Crippen LogP contribution in [0.5, 0.6) is 0 Å². The van der Waals surface area contributed by atoms with Gasteiger partial charge in [0.05, 0.1) is 0 Å². The van der Waals surface area contributed by atoms with E-state index < -0.39 is 5.91 Å². The Labute approximate surface area is 153 Å². The third-order valence-electron chi connectivity index (χ3n) is 3.44. The Kier molecular flexibility index (Phi) is 5.12. The van der Waals surface area contributed by atoms with Crippen LogP contribution >= 0.6 is 15.9 Å². The van der Waals surface area contributed by atoms with Crippen molar-refractivity contribution in [2.75, 3.05) is 5.32 Å². The van der Waals surface area contributed by atoms with Crippen LogP contribution < -0.4 is 5.32 Å². The van der Waals surface area contributed by atoms with Crippen LogP contribution in [0, 0.1) is 11.3 Å². The Morgan fingerprint density at radius 2 is 1.76 bits per heavy atom. The summed E-state index contributed by atoms with van der Waals surface area (Å²) in [5, 5.41) is 11.9. The van der Waals surface area contributed by atoms with Crippen LogP contribution in [-0.4, -0.2) is 5.91 Å². The molecule has 0 aliphatic heterocycles. The van der Waals surface area contributed by atoms with E-state index in [1.54, 1.807) is 24.3 Å². The van der Waals surface area contributed by atoms with E-state index in [1.807, 2.05) is 48.5 Å². The second-order valence-corrected chi connectivity index (χ2v) is 6.11. The summed E-state index contributed by atoms with van der Waals surface area (Å²) in [5.74, 6) is 0.632. The van der Waals surface area contributed by atoms with Gasteiger partial charge in [0.15, 0.2) is 0 Å². The lowest BCUT2D eigenvalue weighted by Gasteiger charge is -2.03. The maximum atomic E-state index is 12.2. The van der Waals surface area contributed by atoms with Crippen molar-refractivity contribution in [1.29, 1.82) is 5.26 Å². The highest BCUT2D eigenvalue weighted by atomic mass is 79.9. The minimum absolute atomic E-state index is 0.0273. The molecule has 4 nitrogen and oxygen atoms in total. The van der Waals surface area contributed by atoms with Gasteiger partial charge >= 0.3 is 0 Å². The normalized spacial score (nSPS) is 11.0. The molecule has 2 aromatic carbocycles. The highest BCUT2D eigenvalue weighted by molar-refractivity contribution is 9.10. The summed E-state index contributed by atoms with van der Waals surface area (Å²) >= 11 is 3.39. The molecule has 1 amide bonds. The van der Waals surface area contributed by atoms with Crippen molar-refractivity contribution >= 4 is 33.6 Å². The van der Waals surface area contributed by atoms with Gasteiger partial charge in [-0.1, -0.05) is 46.3 Å². The number of hydrogen-bond donors (Lipinski definition) is 1. The molecule has 3 rings (SSSR count). The Morgan fingerprint density at radius 1 is 1.04 bits per heavy atom. The molecule has 0 saturated heterocycles. The molecule has 122 valence electrons. The number of benzene rings is 2. The molecule has 0 radical (unpaired) electrons. The minimum Gasteiger partial charge on any atom is -0.457 e. The lowest BCUT2D eigenvalue weighted by molar-refractivity contribution is -0.112. The summed E-state index contributed by atoms with van der Waals surface area (Å²) in [5.41, 5.74) is 1.51. The number of rotatable bonds is 4.